The second-order valence-electron chi connectivity index (χ2n) is 4.10. The molecule has 0 radical (unpaired) electrons. The molecule has 1 aliphatic heterocycles. The van der Waals surface area contributed by atoms with Crippen molar-refractivity contribution in [1.82, 2.24) is 5.32 Å². The SMILES string of the molecule is O=C1C2CCC1C1C(=O)NC(=O)C21. The number of carbonyl (C=O) groups is 3. The molecule has 13 heavy (non-hydrogen) atoms. The van der Waals surface area contributed by atoms with Crippen LogP contribution in [0.3, 0.4) is 0 Å². The van der Waals surface area contributed by atoms with E-state index in [1.807, 2.05) is 0 Å². The molecule has 4 nitrogen and oxygen atoms in total. The van der Waals surface area contributed by atoms with Crippen LogP contribution in [-0.4, -0.2) is 17.6 Å². The van der Waals surface area contributed by atoms with Gasteiger partial charge in [0.1, 0.15) is 5.78 Å². The van der Waals surface area contributed by atoms with Crippen LogP contribution in [0, 0.1) is 23.7 Å². The quantitative estimate of drug-likeness (QED) is 0.509. The van der Waals surface area contributed by atoms with Crippen LogP contribution in [0.5, 0.6) is 0 Å². The van der Waals surface area contributed by atoms with E-state index in [4.69, 9.17) is 0 Å². The van der Waals surface area contributed by atoms with Gasteiger partial charge in [0.05, 0.1) is 11.8 Å². The molecule has 3 fully saturated rings. The molecule has 0 aromatic heterocycles. The largest absolute Gasteiger partial charge is 0.299 e. The highest BCUT2D eigenvalue weighted by Gasteiger charge is 2.62. The van der Waals surface area contributed by atoms with E-state index in [2.05, 4.69) is 5.32 Å². The molecular weight excluding hydrogens is 170 g/mol. The van der Waals surface area contributed by atoms with Crippen LogP contribution in [0.4, 0.5) is 0 Å². The lowest BCUT2D eigenvalue weighted by Gasteiger charge is -2.17. The first-order chi connectivity index (χ1) is 6.20. The van der Waals surface area contributed by atoms with E-state index in [0.29, 0.717) is 0 Å². The van der Waals surface area contributed by atoms with Gasteiger partial charge in [0, 0.05) is 11.8 Å². The highest BCUT2D eigenvalue weighted by atomic mass is 16.2. The van der Waals surface area contributed by atoms with Gasteiger partial charge in [-0.15, -0.1) is 0 Å². The van der Waals surface area contributed by atoms with Crippen LogP contribution in [0.25, 0.3) is 0 Å². The molecule has 2 aliphatic carbocycles. The summed E-state index contributed by atoms with van der Waals surface area (Å²) < 4.78 is 0. The van der Waals surface area contributed by atoms with E-state index < -0.39 is 0 Å². The van der Waals surface area contributed by atoms with E-state index in [-0.39, 0.29) is 41.3 Å². The zero-order valence-electron chi connectivity index (χ0n) is 6.95. The maximum absolute atomic E-state index is 11.5. The summed E-state index contributed by atoms with van der Waals surface area (Å²) in [5.74, 6) is -1.25. The van der Waals surface area contributed by atoms with Gasteiger partial charge < -0.3 is 0 Å². The van der Waals surface area contributed by atoms with Crippen molar-refractivity contribution in [3.05, 3.63) is 0 Å². The fraction of sp³-hybridized carbons (Fsp3) is 0.667. The molecule has 68 valence electrons. The molecule has 0 aromatic carbocycles. The van der Waals surface area contributed by atoms with Crippen LogP contribution in [0.2, 0.25) is 0 Å². The minimum Gasteiger partial charge on any atom is -0.299 e. The average Bonchev–Trinajstić information content (AvgIpc) is 2.67. The Morgan fingerprint density at radius 3 is 1.85 bits per heavy atom. The average molecular weight is 179 g/mol. The van der Waals surface area contributed by atoms with Gasteiger partial charge in [-0.1, -0.05) is 0 Å². The summed E-state index contributed by atoms with van der Waals surface area (Å²) in [4.78, 5) is 34.2. The van der Waals surface area contributed by atoms with E-state index in [9.17, 15) is 14.4 Å². The van der Waals surface area contributed by atoms with Gasteiger partial charge in [0.2, 0.25) is 11.8 Å². The van der Waals surface area contributed by atoms with E-state index in [1.165, 1.54) is 0 Å². The number of hydrogen-bond donors (Lipinski definition) is 1. The van der Waals surface area contributed by atoms with Crippen LogP contribution in [0.15, 0.2) is 0 Å². The lowest BCUT2D eigenvalue weighted by Crippen LogP contribution is -2.27. The smallest absolute Gasteiger partial charge is 0.231 e. The summed E-state index contributed by atoms with van der Waals surface area (Å²) in [7, 11) is 0. The van der Waals surface area contributed by atoms with Gasteiger partial charge in [-0.2, -0.15) is 0 Å². The number of imide groups is 1. The first-order valence-corrected chi connectivity index (χ1v) is 4.58. The number of carbonyl (C=O) groups excluding carboxylic acids is 3. The Morgan fingerprint density at radius 2 is 1.38 bits per heavy atom. The van der Waals surface area contributed by atoms with Crippen molar-refractivity contribution < 1.29 is 14.4 Å². The predicted octanol–water partition coefficient (Wildman–Crippen LogP) is -0.516. The lowest BCUT2D eigenvalue weighted by atomic mass is 9.81. The van der Waals surface area contributed by atoms with Gasteiger partial charge in [0.15, 0.2) is 0 Å². The second kappa shape index (κ2) is 2.00. The summed E-state index contributed by atoms with van der Waals surface area (Å²) in [6.07, 6.45) is 1.59. The highest BCUT2D eigenvalue weighted by molar-refractivity contribution is 6.12. The standard InChI is InChI=1S/C9H9NO3/c11-7-3-1-2-4(7)6-5(3)8(12)10-9(6)13/h3-6H,1-2H2,(H,10,12,13). The Bertz CT molecular complexity index is 306. The van der Waals surface area contributed by atoms with Crippen molar-refractivity contribution in [3.63, 3.8) is 0 Å². The van der Waals surface area contributed by atoms with Gasteiger partial charge in [-0.25, -0.2) is 0 Å². The van der Waals surface area contributed by atoms with Crippen molar-refractivity contribution in [2.45, 2.75) is 12.8 Å². The number of ketones is 1. The number of Topliss-reactive ketones (excluding diaryl/α,β-unsaturated/α-hetero) is 1. The third-order valence-electron chi connectivity index (χ3n) is 3.63. The van der Waals surface area contributed by atoms with Crippen LogP contribution >= 0.6 is 0 Å². The van der Waals surface area contributed by atoms with Gasteiger partial charge in [-0.3, -0.25) is 19.7 Å². The zero-order valence-corrected chi connectivity index (χ0v) is 6.95. The lowest BCUT2D eigenvalue weighted by molar-refractivity contribution is -0.131. The summed E-state index contributed by atoms with van der Waals surface area (Å²) in [5.41, 5.74) is 0. The Morgan fingerprint density at radius 1 is 0.923 bits per heavy atom. The van der Waals surface area contributed by atoms with Gasteiger partial charge in [-0.05, 0) is 12.8 Å². The van der Waals surface area contributed by atoms with Crippen molar-refractivity contribution in [2.75, 3.05) is 0 Å². The van der Waals surface area contributed by atoms with E-state index in [1.54, 1.807) is 0 Å². The summed E-state index contributed by atoms with van der Waals surface area (Å²) in [6.45, 7) is 0. The van der Waals surface area contributed by atoms with Crippen molar-refractivity contribution in [2.24, 2.45) is 23.7 Å². The first kappa shape index (κ1) is 7.24. The Labute approximate surface area is 74.7 Å². The third-order valence-corrected chi connectivity index (χ3v) is 3.63. The van der Waals surface area contributed by atoms with Gasteiger partial charge >= 0.3 is 0 Å². The molecule has 2 bridgehead atoms. The number of hydrogen-bond acceptors (Lipinski definition) is 3. The third kappa shape index (κ3) is 0.654. The fourth-order valence-corrected chi connectivity index (χ4v) is 3.11. The Balaban J connectivity index is 2.09. The summed E-state index contributed by atoms with van der Waals surface area (Å²) in [6, 6.07) is 0. The van der Waals surface area contributed by atoms with Crippen molar-refractivity contribution in [3.8, 4) is 0 Å². The molecule has 1 N–H and O–H groups in total. The monoisotopic (exact) mass is 179 g/mol. The maximum atomic E-state index is 11.5. The molecule has 1 heterocycles. The van der Waals surface area contributed by atoms with Crippen LogP contribution < -0.4 is 5.32 Å². The van der Waals surface area contributed by atoms with Crippen molar-refractivity contribution >= 4 is 17.6 Å². The summed E-state index contributed by atoms with van der Waals surface area (Å²) >= 11 is 0. The molecule has 1 saturated heterocycles. The molecule has 2 amide bonds. The Hall–Kier alpha value is -1.19. The van der Waals surface area contributed by atoms with Crippen molar-refractivity contribution in [1.29, 1.82) is 0 Å². The highest BCUT2D eigenvalue weighted by Crippen LogP contribution is 2.51. The molecular formula is C9H9NO3. The number of fused-ring (bicyclic) bond motifs is 5. The molecule has 0 aromatic rings. The minimum absolute atomic E-state index is 0.151. The topological polar surface area (TPSA) is 63.2 Å². The Kier molecular flexibility index (Phi) is 1.11. The molecule has 4 atom stereocenters. The first-order valence-electron chi connectivity index (χ1n) is 4.58. The molecule has 4 heteroatoms. The maximum Gasteiger partial charge on any atom is 0.231 e. The number of nitrogens with one attached hydrogen (secondary N) is 1. The van der Waals surface area contributed by atoms with Gasteiger partial charge in [0.25, 0.3) is 0 Å². The minimum atomic E-state index is -0.321. The van der Waals surface area contributed by atoms with Crippen LogP contribution in [0.1, 0.15) is 12.8 Å². The number of rotatable bonds is 0. The number of amides is 2. The predicted molar refractivity (Wildman–Crippen MR) is 41.4 cm³/mol. The summed E-state index contributed by atoms with van der Waals surface area (Å²) in [5, 5.41) is 2.31. The normalized spacial score (nSPS) is 46.9. The van der Waals surface area contributed by atoms with E-state index in [0.717, 1.165) is 12.8 Å². The van der Waals surface area contributed by atoms with Crippen LogP contribution in [-0.2, 0) is 14.4 Å². The second-order valence-corrected chi connectivity index (χ2v) is 4.10. The molecule has 3 rings (SSSR count). The molecule has 4 unspecified atom stereocenters. The molecule has 2 saturated carbocycles. The molecule has 0 spiro atoms. The fourth-order valence-electron chi connectivity index (χ4n) is 3.11. The van der Waals surface area contributed by atoms with E-state index >= 15 is 0 Å². The molecule has 3 aliphatic rings. The zero-order chi connectivity index (χ0) is 9.16.